The molecule has 0 spiro atoms. The van der Waals surface area contributed by atoms with Gasteiger partial charge in [0.15, 0.2) is 0 Å². The summed E-state index contributed by atoms with van der Waals surface area (Å²) < 4.78 is 0. The van der Waals surface area contributed by atoms with E-state index in [1.165, 1.54) is 0 Å². The molecule has 0 saturated heterocycles. The van der Waals surface area contributed by atoms with E-state index in [9.17, 15) is 4.91 Å². The summed E-state index contributed by atoms with van der Waals surface area (Å²) in [5.41, 5.74) is 1.58. The van der Waals surface area contributed by atoms with Crippen LogP contribution in [0.25, 0.3) is 0 Å². The molecule has 1 aromatic carbocycles. The molecule has 4 heteroatoms. The lowest BCUT2D eigenvalue weighted by atomic mass is 10.2. The zero-order chi connectivity index (χ0) is 11.1. The molecule has 4 nitrogen and oxygen atoms in total. The molecule has 1 aromatic rings. The van der Waals surface area contributed by atoms with E-state index in [1.807, 2.05) is 26.2 Å². The van der Waals surface area contributed by atoms with Gasteiger partial charge in [-0.1, -0.05) is 12.1 Å². The molecule has 0 unspecified atom stereocenters. The first-order valence-corrected chi connectivity index (χ1v) is 5.00. The lowest BCUT2D eigenvalue weighted by Crippen LogP contribution is -2.26. The Morgan fingerprint density at radius 2 is 2.20 bits per heavy atom. The van der Waals surface area contributed by atoms with Crippen molar-refractivity contribution in [2.75, 3.05) is 27.2 Å². The van der Waals surface area contributed by atoms with Crippen molar-refractivity contribution in [3.63, 3.8) is 0 Å². The van der Waals surface area contributed by atoms with Gasteiger partial charge in [0.1, 0.15) is 5.69 Å². The third kappa shape index (κ3) is 4.67. The normalized spacial score (nSPS) is 10.6. The molecule has 1 N–H and O–H groups in total. The van der Waals surface area contributed by atoms with Crippen LogP contribution in [0.15, 0.2) is 29.4 Å². The molecule has 0 bridgehead atoms. The maximum absolute atomic E-state index is 10.3. The first kappa shape index (κ1) is 11.8. The van der Waals surface area contributed by atoms with Crippen LogP contribution in [-0.4, -0.2) is 32.1 Å². The summed E-state index contributed by atoms with van der Waals surface area (Å²) in [7, 11) is 4.08. The van der Waals surface area contributed by atoms with E-state index in [0.29, 0.717) is 5.69 Å². The molecule has 0 amide bonds. The second kappa shape index (κ2) is 6.27. The fourth-order valence-electron chi connectivity index (χ4n) is 1.26. The molecular formula is C11H17N3O. The Bertz CT molecular complexity index is 312. The van der Waals surface area contributed by atoms with Gasteiger partial charge in [-0.3, -0.25) is 0 Å². The summed E-state index contributed by atoms with van der Waals surface area (Å²) >= 11 is 0. The second-order valence-corrected chi connectivity index (χ2v) is 3.74. The van der Waals surface area contributed by atoms with Gasteiger partial charge in [-0.25, -0.2) is 0 Å². The molecule has 0 fully saturated rings. The van der Waals surface area contributed by atoms with Crippen molar-refractivity contribution < 1.29 is 0 Å². The first-order valence-electron chi connectivity index (χ1n) is 5.00. The van der Waals surface area contributed by atoms with Gasteiger partial charge < -0.3 is 10.2 Å². The van der Waals surface area contributed by atoms with Crippen molar-refractivity contribution in [2.24, 2.45) is 5.18 Å². The van der Waals surface area contributed by atoms with Crippen LogP contribution in [0.2, 0.25) is 0 Å². The van der Waals surface area contributed by atoms with Gasteiger partial charge in [-0.2, -0.15) is 0 Å². The van der Waals surface area contributed by atoms with E-state index in [0.717, 1.165) is 25.2 Å². The Balaban J connectivity index is 2.34. The van der Waals surface area contributed by atoms with Gasteiger partial charge in [-0.15, -0.1) is 4.91 Å². The predicted molar refractivity (Wildman–Crippen MR) is 62.2 cm³/mol. The number of nitrogens with zero attached hydrogens (tertiary/aromatic N) is 2. The first-order chi connectivity index (χ1) is 7.22. The van der Waals surface area contributed by atoms with Crippen molar-refractivity contribution in [1.29, 1.82) is 0 Å². The summed E-state index contributed by atoms with van der Waals surface area (Å²) in [4.78, 5) is 12.4. The van der Waals surface area contributed by atoms with Crippen LogP contribution >= 0.6 is 0 Å². The quantitative estimate of drug-likeness (QED) is 0.571. The van der Waals surface area contributed by atoms with Gasteiger partial charge >= 0.3 is 0 Å². The number of benzene rings is 1. The fraction of sp³-hybridized carbons (Fsp3) is 0.455. The Hall–Kier alpha value is -1.26. The zero-order valence-electron chi connectivity index (χ0n) is 9.23. The summed E-state index contributed by atoms with van der Waals surface area (Å²) in [5, 5.41) is 6.20. The van der Waals surface area contributed by atoms with Crippen LogP contribution < -0.4 is 5.32 Å². The highest BCUT2D eigenvalue weighted by Gasteiger charge is 1.95. The number of likely N-dealkylation sites (N-methyl/N-ethyl adjacent to an activating group) is 1. The zero-order valence-corrected chi connectivity index (χ0v) is 9.23. The molecular weight excluding hydrogens is 190 g/mol. The molecule has 0 heterocycles. The second-order valence-electron chi connectivity index (χ2n) is 3.74. The third-order valence-electron chi connectivity index (χ3n) is 2.08. The van der Waals surface area contributed by atoms with Gasteiger partial charge in [-0.05, 0) is 37.0 Å². The molecule has 0 aliphatic rings. The standard InChI is InChI=1S/C11H17N3O/c1-14(2)7-6-12-9-10-4-3-5-11(8-10)13-15/h3-5,8,12H,6-7,9H2,1-2H3. The number of nitroso groups, excluding NO2 is 1. The van der Waals surface area contributed by atoms with Crippen LogP contribution in [0.3, 0.4) is 0 Å². The molecule has 0 aliphatic heterocycles. The van der Waals surface area contributed by atoms with Crippen LogP contribution in [0, 0.1) is 4.91 Å². The number of nitrogens with one attached hydrogen (secondary N) is 1. The highest BCUT2D eigenvalue weighted by Crippen LogP contribution is 2.12. The van der Waals surface area contributed by atoms with Crippen LogP contribution in [0.5, 0.6) is 0 Å². The van der Waals surface area contributed by atoms with Gasteiger partial charge in [0.2, 0.25) is 0 Å². The fourth-order valence-corrected chi connectivity index (χ4v) is 1.26. The molecule has 15 heavy (non-hydrogen) atoms. The Labute approximate surface area is 90.3 Å². The SMILES string of the molecule is CN(C)CCNCc1cccc(N=O)c1. The van der Waals surface area contributed by atoms with Crippen LogP contribution in [0.4, 0.5) is 5.69 Å². The van der Waals surface area contributed by atoms with Crippen molar-refractivity contribution in [3.8, 4) is 0 Å². The Morgan fingerprint density at radius 1 is 1.40 bits per heavy atom. The van der Waals surface area contributed by atoms with Crippen molar-refractivity contribution in [2.45, 2.75) is 6.54 Å². The van der Waals surface area contributed by atoms with Crippen LogP contribution in [0.1, 0.15) is 5.56 Å². The average Bonchev–Trinajstić information content (AvgIpc) is 2.24. The largest absolute Gasteiger partial charge is 0.311 e. The van der Waals surface area contributed by atoms with E-state index >= 15 is 0 Å². The van der Waals surface area contributed by atoms with Gasteiger partial charge in [0.25, 0.3) is 0 Å². The van der Waals surface area contributed by atoms with Crippen molar-refractivity contribution in [1.82, 2.24) is 10.2 Å². The summed E-state index contributed by atoms with van der Waals surface area (Å²) in [6.45, 7) is 2.72. The lowest BCUT2D eigenvalue weighted by molar-refractivity contribution is 0.400. The topological polar surface area (TPSA) is 44.7 Å². The Kier molecular flexibility index (Phi) is 4.93. The van der Waals surface area contributed by atoms with Crippen molar-refractivity contribution in [3.05, 3.63) is 34.7 Å². The smallest absolute Gasteiger partial charge is 0.108 e. The van der Waals surface area contributed by atoms with Gasteiger partial charge in [0, 0.05) is 19.6 Å². The number of hydrogen-bond acceptors (Lipinski definition) is 4. The minimum Gasteiger partial charge on any atom is -0.311 e. The maximum atomic E-state index is 10.3. The minimum absolute atomic E-state index is 0.488. The summed E-state index contributed by atoms with van der Waals surface area (Å²) in [6.07, 6.45) is 0. The number of rotatable bonds is 6. The van der Waals surface area contributed by atoms with E-state index in [4.69, 9.17) is 0 Å². The highest BCUT2D eigenvalue weighted by atomic mass is 16.3. The average molecular weight is 207 g/mol. The maximum Gasteiger partial charge on any atom is 0.108 e. The summed E-state index contributed by atoms with van der Waals surface area (Å²) in [5.74, 6) is 0. The monoisotopic (exact) mass is 207 g/mol. The predicted octanol–water partition coefficient (Wildman–Crippen LogP) is 1.74. The molecule has 82 valence electrons. The van der Waals surface area contributed by atoms with Gasteiger partial charge in [0.05, 0.1) is 0 Å². The lowest BCUT2D eigenvalue weighted by Gasteiger charge is -2.10. The highest BCUT2D eigenvalue weighted by molar-refractivity contribution is 5.39. The molecule has 0 aliphatic carbocycles. The van der Waals surface area contributed by atoms with E-state index in [-0.39, 0.29) is 0 Å². The molecule has 0 saturated carbocycles. The van der Waals surface area contributed by atoms with Crippen molar-refractivity contribution >= 4 is 5.69 Å². The summed E-state index contributed by atoms with van der Waals surface area (Å²) in [6, 6.07) is 7.34. The molecule has 0 atom stereocenters. The van der Waals surface area contributed by atoms with E-state index < -0.39 is 0 Å². The molecule has 0 aromatic heterocycles. The van der Waals surface area contributed by atoms with E-state index in [1.54, 1.807) is 12.1 Å². The Morgan fingerprint density at radius 3 is 2.87 bits per heavy atom. The van der Waals surface area contributed by atoms with E-state index in [2.05, 4.69) is 15.4 Å². The van der Waals surface area contributed by atoms with Crippen LogP contribution in [-0.2, 0) is 6.54 Å². The molecule has 0 radical (unpaired) electrons. The number of hydrogen-bond donors (Lipinski definition) is 1. The minimum atomic E-state index is 0.488. The third-order valence-corrected chi connectivity index (χ3v) is 2.08. The molecule has 1 rings (SSSR count).